The van der Waals surface area contributed by atoms with E-state index in [1.807, 2.05) is 0 Å². The fourth-order valence-electron chi connectivity index (χ4n) is 1.89. The largest absolute Gasteiger partial charge is 0.356 e. The highest BCUT2D eigenvalue weighted by Crippen LogP contribution is 2.12. The molecule has 0 bridgehead atoms. The molecule has 0 atom stereocenters. The van der Waals surface area contributed by atoms with E-state index in [1.54, 1.807) is 24.4 Å². The fourth-order valence-corrected chi connectivity index (χ4v) is 1.89. The monoisotopic (exact) mass is 275 g/mol. The summed E-state index contributed by atoms with van der Waals surface area (Å²) in [6.45, 7) is 6.13. The number of halogens is 1. The predicted molar refractivity (Wildman–Crippen MR) is 77.1 cm³/mol. The molecule has 0 fully saturated rings. The second kappa shape index (κ2) is 6.79. The van der Waals surface area contributed by atoms with Crippen LogP contribution in [0.15, 0.2) is 30.5 Å². The zero-order valence-corrected chi connectivity index (χ0v) is 11.7. The topological polar surface area (TPSA) is 53.9 Å². The van der Waals surface area contributed by atoms with Crippen molar-refractivity contribution in [1.29, 1.82) is 0 Å². The van der Waals surface area contributed by atoms with Crippen LogP contribution in [0.5, 0.6) is 0 Å². The van der Waals surface area contributed by atoms with Crippen molar-refractivity contribution in [2.75, 3.05) is 23.3 Å². The minimum Gasteiger partial charge on any atom is -0.356 e. The summed E-state index contributed by atoms with van der Waals surface area (Å²) in [5.41, 5.74) is 0.573. The number of nitrogens with one attached hydrogen (secondary N) is 1. The molecule has 0 radical (unpaired) electrons. The second-order valence-corrected chi connectivity index (χ2v) is 4.26. The normalized spacial score (nSPS) is 10.3. The van der Waals surface area contributed by atoms with Gasteiger partial charge in [0.05, 0.1) is 6.20 Å². The standard InChI is InChI=1S/C14H18FN5/c1-3-20(4-2)13-10-17-19-14(18-13)16-9-11-7-5-6-8-12(11)15/h5-8,10H,3-4,9H2,1-2H3,(H,16,18,19). The summed E-state index contributed by atoms with van der Waals surface area (Å²) in [5.74, 6) is 0.923. The Morgan fingerprint density at radius 3 is 2.65 bits per heavy atom. The lowest BCUT2D eigenvalue weighted by molar-refractivity contribution is 0.612. The van der Waals surface area contributed by atoms with Crippen molar-refractivity contribution in [1.82, 2.24) is 15.2 Å². The Labute approximate surface area is 117 Å². The van der Waals surface area contributed by atoms with Crippen LogP contribution in [-0.4, -0.2) is 28.3 Å². The maximum atomic E-state index is 13.5. The first-order valence-corrected chi connectivity index (χ1v) is 6.66. The Morgan fingerprint density at radius 2 is 1.95 bits per heavy atom. The summed E-state index contributed by atoms with van der Waals surface area (Å²) in [5, 5.41) is 10.8. The van der Waals surface area contributed by atoms with Gasteiger partial charge in [0, 0.05) is 25.2 Å². The van der Waals surface area contributed by atoms with E-state index in [1.165, 1.54) is 6.07 Å². The summed E-state index contributed by atoms with van der Waals surface area (Å²) < 4.78 is 13.5. The number of hydrogen-bond donors (Lipinski definition) is 1. The van der Waals surface area contributed by atoms with Crippen LogP contribution in [0, 0.1) is 5.82 Å². The lowest BCUT2D eigenvalue weighted by Crippen LogP contribution is -2.23. The van der Waals surface area contributed by atoms with Crippen LogP contribution < -0.4 is 10.2 Å². The summed E-state index contributed by atoms with van der Waals surface area (Å²) in [4.78, 5) is 6.45. The first-order chi connectivity index (χ1) is 9.74. The highest BCUT2D eigenvalue weighted by molar-refractivity contribution is 5.40. The van der Waals surface area contributed by atoms with Gasteiger partial charge in [0.1, 0.15) is 5.82 Å². The number of anilines is 2. The molecule has 20 heavy (non-hydrogen) atoms. The van der Waals surface area contributed by atoms with Gasteiger partial charge in [-0.3, -0.25) is 0 Å². The molecule has 1 aromatic carbocycles. The molecule has 1 aromatic heterocycles. The van der Waals surface area contributed by atoms with Crippen LogP contribution >= 0.6 is 0 Å². The molecule has 0 spiro atoms. The smallest absolute Gasteiger partial charge is 0.244 e. The molecule has 0 unspecified atom stereocenters. The average Bonchev–Trinajstić information content (AvgIpc) is 2.48. The maximum Gasteiger partial charge on any atom is 0.244 e. The molecular formula is C14H18FN5. The van der Waals surface area contributed by atoms with Crippen LogP contribution in [0.2, 0.25) is 0 Å². The van der Waals surface area contributed by atoms with Crippen molar-refractivity contribution in [3.05, 3.63) is 41.8 Å². The van der Waals surface area contributed by atoms with Crippen LogP contribution in [0.25, 0.3) is 0 Å². The first kappa shape index (κ1) is 14.2. The number of benzene rings is 1. The molecule has 0 aliphatic heterocycles. The van der Waals surface area contributed by atoms with Gasteiger partial charge >= 0.3 is 0 Å². The molecule has 1 heterocycles. The van der Waals surface area contributed by atoms with Crippen molar-refractivity contribution in [3.8, 4) is 0 Å². The Morgan fingerprint density at radius 1 is 1.20 bits per heavy atom. The van der Waals surface area contributed by atoms with E-state index in [2.05, 4.69) is 39.2 Å². The van der Waals surface area contributed by atoms with E-state index in [4.69, 9.17) is 0 Å². The average molecular weight is 275 g/mol. The molecule has 0 saturated carbocycles. The second-order valence-electron chi connectivity index (χ2n) is 4.26. The van der Waals surface area contributed by atoms with E-state index >= 15 is 0 Å². The zero-order valence-electron chi connectivity index (χ0n) is 11.7. The number of hydrogen-bond acceptors (Lipinski definition) is 5. The molecular weight excluding hydrogens is 257 g/mol. The molecule has 1 N–H and O–H groups in total. The van der Waals surface area contributed by atoms with Crippen molar-refractivity contribution in [2.45, 2.75) is 20.4 Å². The highest BCUT2D eigenvalue weighted by atomic mass is 19.1. The summed E-state index contributed by atoms with van der Waals surface area (Å²) >= 11 is 0. The van der Waals surface area contributed by atoms with Crippen molar-refractivity contribution >= 4 is 11.8 Å². The Hall–Kier alpha value is -2.24. The van der Waals surface area contributed by atoms with Crippen molar-refractivity contribution < 1.29 is 4.39 Å². The van der Waals surface area contributed by atoms with Gasteiger partial charge in [-0.05, 0) is 19.9 Å². The number of nitrogens with zero attached hydrogens (tertiary/aromatic N) is 4. The van der Waals surface area contributed by atoms with Gasteiger partial charge in [0.15, 0.2) is 5.82 Å². The maximum absolute atomic E-state index is 13.5. The molecule has 0 saturated heterocycles. The van der Waals surface area contributed by atoms with Crippen LogP contribution in [0.3, 0.4) is 0 Å². The van der Waals surface area contributed by atoms with E-state index in [0.717, 1.165) is 18.9 Å². The van der Waals surface area contributed by atoms with Crippen LogP contribution in [0.1, 0.15) is 19.4 Å². The van der Waals surface area contributed by atoms with Gasteiger partial charge in [-0.1, -0.05) is 18.2 Å². The molecule has 0 aliphatic carbocycles. The zero-order chi connectivity index (χ0) is 14.4. The van der Waals surface area contributed by atoms with Crippen molar-refractivity contribution in [3.63, 3.8) is 0 Å². The van der Waals surface area contributed by atoms with Gasteiger partial charge in [-0.25, -0.2) is 4.39 Å². The number of aromatic nitrogens is 3. The summed E-state index contributed by atoms with van der Waals surface area (Å²) in [7, 11) is 0. The molecule has 2 aromatic rings. The molecule has 0 amide bonds. The fraction of sp³-hybridized carbons (Fsp3) is 0.357. The molecule has 5 nitrogen and oxygen atoms in total. The molecule has 0 aliphatic rings. The van der Waals surface area contributed by atoms with Gasteiger partial charge < -0.3 is 10.2 Å². The van der Waals surface area contributed by atoms with Gasteiger partial charge in [0.2, 0.25) is 5.95 Å². The van der Waals surface area contributed by atoms with E-state index in [0.29, 0.717) is 18.1 Å². The quantitative estimate of drug-likeness (QED) is 0.877. The van der Waals surface area contributed by atoms with Crippen LogP contribution in [0.4, 0.5) is 16.2 Å². The Balaban J connectivity index is 2.07. The van der Waals surface area contributed by atoms with Crippen molar-refractivity contribution in [2.24, 2.45) is 0 Å². The minimum atomic E-state index is -0.243. The lowest BCUT2D eigenvalue weighted by atomic mass is 10.2. The minimum absolute atomic E-state index is 0.243. The molecule has 106 valence electrons. The number of rotatable bonds is 6. The Kier molecular flexibility index (Phi) is 4.81. The predicted octanol–water partition coefficient (Wildman–Crippen LogP) is 2.47. The van der Waals surface area contributed by atoms with E-state index in [-0.39, 0.29) is 5.82 Å². The highest BCUT2D eigenvalue weighted by Gasteiger charge is 2.07. The van der Waals surface area contributed by atoms with Gasteiger partial charge in [-0.2, -0.15) is 10.1 Å². The molecule has 2 rings (SSSR count). The lowest BCUT2D eigenvalue weighted by Gasteiger charge is -2.19. The van der Waals surface area contributed by atoms with Gasteiger partial charge in [0.25, 0.3) is 0 Å². The van der Waals surface area contributed by atoms with Crippen LogP contribution in [-0.2, 0) is 6.54 Å². The third kappa shape index (κ3) is 3.40. The third-order valence-electron chi connectivity index (χ3n) is 3.03. The van der Waals surface area contributed by atoms with E-state index < -0.39 is 0 Å². The Bertz CT molecular complexity index is 557. The molecule has 6 heteroatoms. The summed E-state index contributed by atoms with van der Waals surface area (Å²) in [6.07, 6.45) is 1.63. The SMILES string of the molecule is CCN(CC)c1cnnc(NCc2ccccc2F)n1. The summed E-state index contributed by atoms with van der Waals surface area (Å²) in [6, 6.07) is 6.62. The first-order valence-electron chi connectivity index (χ1n) is 6.66. The van der Waals surface area contributed by atoms with E-state index in [9.17, 15) is 4.39 Å². The van der Waals surface area contributed by atoms with Gasteiger partial charge in [-0.15, -0.1) is 5.10 Å². The third-order valence-corrected chi connectivity index (χ3v) is 3.03.